The highest BCUT2D eigenvalue weighted by atomic mass is 19.4. The van der Waals surface area contributed by atoms with Crippen LogP contribution in [0.1, 0.15) is 12.5 Å². The van der Waals surface area contributed by atoms with Gasteiger partial charge < -0.3 is 15.7 Å². The monoisotopic (exact) mass is 249 g/mol. The number of nitrogens with one attached hydrogen (secondary N) is 2. The van der Waals surface area contributed by atoms with E-state index in [2.05, 4.69) is 15.6 Å². The van der Waals surface area contributed by atoms with E-state index in [1.54, 1.807) is 0 Å². The van der Waals surface area contributed by atoms with Gasteiger partial charge in [0, 0.05) is 13.6 Å². The molecule has 0 radical (unpaired) electrons. The summed E-state index contributed by atoms with van der Waals surface area (Å²) in [5.41, 5.74) is -0.787. The van der Waals surface area contributed by atoms with Crippen LogP contribution in [0.3, 0.4) is 0 Å². The Balaban J connectivity index is 2.97. The lowest BCUT2D eigenvalue weighted by molar-refractivity contribution is -0.137. The predicted molar refractivity (Wildman–Crippen MR) is 59.0 cm³/mol. The Labute approximate surface area is 96.9 Å². The van der Waals surface area contributed by atoms with Gasteiger partial charge in [-0.2, -0.15) is 13.2 Å². The number of hydrogen-bond acceptors (Lipinski definition) is 4. The van der Waals surface area contributed by atoms with Gasteiger partial charge in [-0.3, -0.25) is 0 Å². The first-order valence-electron chi connectivity index (χ1n) is 5.02. The van der Waals surface area contributed by atoms with Crippen LogP contribution < -0.4 is 10.6 Å². The number of aliphatic hydroxyl groups is 1. The molecule has 1 rings (SSSR count). The van der Waals surface area contributed by atoms with Crippen molar-refractivity contribution in [3.05, 3.63) is 17.7 Å². The van der Waals surface area contributed by atoms with Gasteiger partial charge in [-0.15, -0.1) is 0 Å². The molecular formula is C10H14F3N3O. The molecule has 0 amide bonds. The summed E-state index contributed by atoms with van der Waals surface area (Å²) in [7, 11) is 1.49. The van der Waals surface area contributed by atoms with E-state index < -0.39 is 17.8 Å². The van der Waals surface area contributed by atoms with Crippen molar-refractivity contribution in [2.75, 3.05) is 24.2 Å². The topological polar surface area (TPSA) is 57.2 Å². The van der Waals surface area contributed by atoms with Crippen LogP contribution in [0.15, 0.2) is 12.1 Å². The molecule has 1 unspecified atom stereocenters. The summed E-state index contributed by atoms with van der Waals surface area (Å²) in [6.45, 7) is 1.66. The van der Waals surface area contributed by atoms with Gasteiger partial charge in [0.15, 0.2) is 0 Å². The number of anilines is 2. The number of aliphatic hydroxyl groups excluding tert-OH is 1. The first kappa shape index (κ1) is 13.6. The Bertz CT molecular complexity index is 380. The molecule has 1 heterocycles. The smallest absolute Gasteiger partial charge is 0.392 e. The number of halogens is 3. The van der Waals surface area contributed by atoms with Gasteiger partial charge in [0.1, 0.15) is 11.6 Å². The number of alkyl halides is 3. The predicted octanol–water partition coefficient (Wildman–Crippen LogP) is 1.93. The second kappa shape index (κ2) is 5.22. The van der Waals surface area contributed by atoms with E-state index in [-0.39, 0.29) is 18.2 Å². The lowest BCUT2D eigenvalue weighted by Gasteiger charge is -2.13. The summed E-state index contributed by atoms with van der Waals surface area (Å²) in [4.78, 5) is 3.90. The Kier molecular flexibility index (Phi) is 4.17. The largest absolute Gasteiger partial charge is 0.416 e. The third kappa shape index (κ3) is 4.10. The van der Waals surface area contributed by atoms with Gasteiger partial charge >= 0.3 is 6.18 Å². The van der Waals surface area contributed by atoms with Crippen molar-refractivity contribution >= 4 is 11.6 Å². The Morgan fingerprint density at radius 1 is 1.35 bits per heavy atom. The number of hydrogen-bond donors (Lipinski definition) is 3. The zero-order chi connectivity index (χ0) is 13.1. The second-order valence-corrected chi connectivity index (χ2v) is 3.60. The van der Waals surface area contributed by atoms with Gasteiger partial charge in [0.25, 0.3) is 0 Å². The van der Waals surface area contributed by atoms with Crippen LogP contribution in [0, 0.1) is 0 Å². The van der Waals surface area contributed by atoms with Crippen LogP contribution in [0.5, 0.6) is 0 Å². The lowest BCUT2D eigenvalue weighted by atomic mass is 10.2. The maximum absolute atomic E-state index is 12.6. The van der Waals surface area contributed by atoms with Gasteiger partial charge in [-0.25, -0.2) is 4.98 Å². The third-order valence-electron chi connectivity index (χ3n) is 1.99. The summed E-state index contributed by atoms with van der Waals surface area (Å²) in [6.07, 6.45) is -5.08. The van der Waals surface area contributed by atoms with Crippen LogP contribution in [0.4, 0.5) is 24.8 Å². The van der Waals surface area contributed by atoms with Crippen molar-refractivity contribution in [2.24, 2.45) is 0 Å². The Morgan fingerprint density at radius 2 is 1.94 bits per heavy atom. The average Bonchev–Trinajstić information content (AvgIpc) is 2.24. The normalized spacial score (nSPS) is 13.3. The van der Waals surface area contributed by atoms with E-state index in [0.29, 0.717) is 0 Å². The SMILES string of the molecule is CNc1cc(C(F)(F)F)cc(NCC(C)O)n1. The maximum Gasteiger partial charge on any atom is 0.416 e. The molecule has 7 heteroatoms. The molecule has 1 aromatic rings. The molecule has 96 valence electrons. The summed E-state index contributed by atoms with van der Waals surface area (Å²) in [5.74, 6) is 0.193. The molecule has 3 N–H and O–H groups in total. The highest BCUT2D eigenvalue weighted by Gasteiger charge is 2.31. The van der Waals surface area contributed by atoms with Gasteiger partial charge in [0.05, 0.1) is 11.7 Å². The van der Waals surface area contributed by atoms with E-state index in [1.807, 2.05) is 0 Å². The fourth-order valence-electron chi connectivity index (χ4n) is 1.17. The molecule has 17 heavy (non-hydrogen) atoms. The number of pyridine rings is 1. The van der Waals surface area contributed by atoms with E-state index in [1.165, 1.54) is 14.0 Å². The first-order chi connectivity index (χ1) is 7.82. The molecule has 0 aliphatic carbocycles. The van der Waals surface area contributed by atoms with E-state index in [0.717, 1.165) is 12.1 Å². The summed E-state index contributed by atoms with van der Waals surface area (Å²) < 4.78 is 37.7. The minimum Gasteiger partial charge on any atom is -0.392 e. The highest BCUT2D eigenvalue weighted by molar-refractivity contribution is 5.49. The molecular weight excluding hydrogens is 235 g/mol. The molecule has 0 saturated carbocycles. The molecule has 1 atom stereocenters. The molecule has 0 aliphatic heterocycles. The van der Waals surface area contributed by atoms with Crippen molar-refractivity contribution in [2.45, 2.75) is 19.2 Å². The molecule has 0 fully saturated rings. The highest BCUT2D eigenvalue weighted by Crippen LogP contribution is 2.31. The molecule has 1 aromatic heterocycles. The minimum absolute atomic E-state index is 0.0741. The van der Waals surface area contributed by atoms with Crippen LogP contribution in [0.2, 0.25) is 0 Å². The maximum atomic E-state index is 12.6. The number of rotatable bonds is 4. The van der Waals surface area contributed by atoms with Crippen molar-refractivity contribution in [1.82, 2.24) is 4.98 Å². The molecule has 0 aromatic carbocycles. The van der Waals surface area contributed by atoms with E-state index >= 15 is 0 Å². The van der Waals surface area contributed by atoms with Crippen molar-refractivity contribution < 1.29 is 18.3 Å². The molecule has 0 bridgehead atoms. The zero-order valence-electron chi connectivity index (χ0n) is 9.47. The van der Waals surface area contributed by atoms with Crippen LogP contribution >= 0.6 is 0 Å². The molecule has 4 nitrogen and oxygen atoms in total. The van der Waals surface area contributed by atoms with Crippen LogP contribution in [-0.4, -0.2) is 29.8 Å². The fourth-order valence-corrected chi connectivity index (χ4v) is 1.17. The van der Waals surface area contributed by atoms with Gasteiger partial charge in [0.2, 0.25) is 0 Å². The molecule has 0 spiro atoms. The second-order valence-electron chi connectivity index (χ2n) is 3.60. The van der Waals surface area contributed by atoms with Crippen LogP contribution in [-0.2, 0) is 6.18 Å². The third-order valence-corrected chi connectivity index (χ3v) is 1.99. The van der Waals surface area contributed by atoms with Crippen molar-refractivity contribution in [3.8, 4) is 0 Å². The van der Waals surface area contributed by atoms with Gasteiger partial charge in [-0.1, -0.05) is 0 Å². The Morgan fingerprint density at radius 3 is 2.41 bits per heavy atom. The zero-order valence-corrected chi connectivity index (χ0v) is 9.47. The van der Waals surface area contributed by atoms with Crippen LogP contribution in [0.25, 0.3) is 0 Å². The summed E-state index contributed by atoms with van der Waals surface area (Å²) >= 11 is 0. The van der Waals surface area contributed by atoms with Crippen molar-refractivity contribution in [3.63, 3.8) is 0 Å². The molecule has 0 saturated heterocycles. The molecule has 0 aliphatic rings. The summed E-state index contributed by atoms with van der Waals surface area (Å²) in [6, 6.07) is 1.83. The lowest BCUT2D eigenvalue weighted by Crippen LogP contribution is -2.17. The minimum atomic E-state index is -4.42. The summed E-state index contributed by atoms with van der Waals surface area (Å²) in [5, 5.41) is 14.2. The fraction of sp³-hybridized carbons (Fsp3) is 0.500. The number of aromatic nitrogens is 1. The number of nitrogens with zero attached hydrogens (tertiary/aromatic N) is 1. The Hall–Kier alpha value is -1.50. The first-order valence-corrected chi connectivity index (χ1v) is 5.02. The van der Waals surface area contributed by atoms with Crippen molar-refractivity contribution in [1.29, 1.82) is 0 Å². The van der Waals surface area contributed by atoms with E-state index in [4.69, 9.17) is 5.11 Å². The van der Waals surface area contributed by atoms with Gasteiger partial charge in [-0.05, 0) is 19.1 Å². The van der Waals surface area contributed by atoms with E-state index in [9.17, 15) is 13.2 Å². The standard InChI is InChI=1S/C10H14F3N3O/c1-6(17)5-15-9-4-7(10(11,12)13)3-8(14-2)16-9/h3-4,6,17H,5H2,1-2H3,(H2,14,15,16). The average molecular weight is 249 g/mol. The quantitative estimate of drug-likeness (QED) is 0.763.